The van der Waals surface area contributed by atoms with Gasteiger partial charge in [-0.05, 0) is 45.0 Å². The van der Waals surface area contributed by atoms with Gasteiger partial charge in [0.2, 0.25) is 0 Å². The van der Waals surface area contributed by atoms with Gasteiger partial charge in [-0.15, -0.1) is 0 Å². The predicted molar refractivity (Wildman–Crippen MR) is 73.9 cm³/mol. The molecule has 1 aromatic carbocycles. The first-order valence-electron chi connectivity index (χ1n) is 6.30. The molecule has 0 spiro atoms. The summed E-state index contributed by atoms with van der Waals surface area (Å²) >= 11 is 0. The topological polar surface area (TPSA) is 77.5 Å². The number of ether oxygens (including phenoxy) is 1. The fraction of sp³-hybridized carbons (Fsp3) is 0.429. The molecule has 0 N–H and O–H groups in total. The third-order valence-corrected chi connectivity index (χ3v) is 4.61. The monoisotopic (exact) mass is 316 g/mol. The Bertz CT molecular complexity index is 632. The Morgan fingerprint density at radius 2 is 1.71 bits per heavy atom. The molecule has 0 aliphatic carbocycles. The van der Waals surface area contributed by atoms with E-state index in [1.807, 2.05) is 0 Å². The number of carbonyl (C=O) groups excluding carboxylic acids is 2. The van der Waals surface area contributed by atoms with E-state index in [0.29, 0.717) is 0 Å². The van der Waals surface area contributed by atoms with E-state index in [1.165, 1.54) is 13.8 Å². The van der Waals surface area contributed by atoms with E-state index in [0.717, 1.165) is 24.3 Å². The fourth-order valence-corrected chi connectivity index (χ4v) is 2.93. The lowest BCUT2D eigenvalue weighted by atomic mass is 9.89. The lowest BCUT2D eigenvalue weighted by molar-refractivity contribution is -0.157. The van der Waals surface area contributed by atoms with Crippen LogP contribution >= 0.6 is 0 Å². The summed E-state index contributed by atoms with van der Waals surface area (Å²) in [6.45, 7) is 4.31. The van der Waals surface area contributed by atoms with Gasteiger partial charge in [0.1, 0.15) is 17.0 Å². The number of ketones is 1. The molecule has 0 fully saturated rings. The molecule has 116 valence electrons. The second-order valence-electron chi connectivity index (χ2n) is 4.98. The van der Waals surface area contributed by atoms with E-state index < -0.39 is 38.6 Å². The smallest absolute Gasteiger partial charge is 0.319 e. The second-order valence-corrected chi connectivity index (χ2v) is 6.97. The first kappa shape index (κ1) is 17.3. The molecule has 1 rings (SSSR count). The Labute approximate surface area is 123 Å². The number of esters is 1. The maximum atomic E-state index is 12.8. The normalized spacial score (nSPS) is 12.0. The van der Waals surface area contributed by atoms with Crippen molar-refractivity contribution in [3.8, 4) is 0 Å². The summed E-state index contributed by atoms with van der Waals surface area (Å²) < 4.78 is 41.7. The number of hydrogen-bond acceptors (Lipinski definition) is 5. The van der Waals surface area contributed by atoms with Gasteiger partial charge in [-0.2, -0.15) is 0 Å². The van der Waals surface area contributed by atoms with Crippen molar-refractivity contribution in [1.82, 2.24) is 0 Å². The number of halogens is 1. The van der Waals surface area contributed by atoms with Crippen LogP contribution in [0.4, 0.5) is 4.39 Å². The third kappa shape index (κ3) is 4.10. The average Bonchev–Trinajstić information content (AvgIpc) is 2.38. The third-order valence-electron chi connectivity index (χ3n) is 2.98. The van der Waals surface area contributed by atoms with E-state index in [1.54, 1.807) is 6.92 Å². The highest BCUT2D eigenvalue weighted by atomic mass is 32.2. The van der Waals surface area contributed by atoms with Crippen molar-refractivity contribution < 1.29 is 27.1 Å². The summed E-state index contributed by atoms with van der Waals surface area (Å²) in [4.78, 5) is 23.6. The van der Waals surface area contributed by atoms with Crippen LogP contribution in [0.1, 0.15) is 20.8 Å². The zero-order valence-corrected chi connectivity index (χ0v) is 12.9. The van der Waals surface area contributed by atoms with E-state index in [-0.39, 0.29) is 11.5 Å². The molecule has 21 heavy (non-hydrogen) atoms. The van der Waals surface area contributed by atoms with Crippen LogP contribution in [0.2, 0.25) is 0 Å². The Balaban J connectivity index is 2.96. The summed E-state index contributed by atoms with van der Waals surface area (Å²) in [6.07, 6.45) is 0. The molecule has 0 radical (unpaired) electrons. The zero-order chi connectivity index (χ0) is 16.3. The van der Waals surface area contributed by atoms with Crippen LogP contribution in [0.25, 0.3) is 0 Å². The Morgan fingerprint density at radius 3 is 2.19 bits per heavy atom. The predicted octanol–water partition coefficient (Wildman–Crippen LogP) is 1.76. The standard InChI is InChI=1S/C14H17FO5S/c1-4-20-13(17)14(2,3)12(16)9-21(18,19)11-7-5-10(15)6-8-11/h5-8H,4,9H2,1-3H3. The van der Waals surface area contributed by atoms with Gasteiger partial charge in [0.15, 0.2) is 15.6 Å². The number of Topliss-reactive ketones (excluding diaryl/α,β-unsaturated/α-hetero) is 1. The molecule has 0 amide bonds. The minimum atomic E-state index is -3.93. The highest BCUT2D eigenvalue weighted by Gasteiger charge is 2.39. The Kier molecular flexibility index (Phi) is 5.22. The molecule has 0 saturated carbocycles. The van der Waals surface area contributed by atoms with E-state index in [4.69, 9.17) is 4.74 Å². The van der Waals surface area contributed by atoms with Crippen molar-refractivity contribution in [2.45, 2.75) is 25.7 Å². The molecule has 0 saturated heterocycles. The number of carbonyl (C=O) groups is 2. The van der Waals surface area contributed by atoms with Crippen molar-refractivity contribution in [3.63, 3.8) is 0 Å². The van der Waals surface area contributed by atoms with Crippen LogP contribution in [0.3, 0.4) is 0 Å². The minimum Gasteiger partial charge on any atom is -0.465 e. The van der Waals surface area contributed by atoms with Crippen LogP contribution in [0, 0.1) is 11.2 Å². The van der Waals surface area contributed by atoms with Crippen molar-refractivity contribution in [1.29, 1.82) is 0 Å². The van der Waals surface area contributed by atoms with Crippen LogP contribution in [0.5, 0.6) is 0 Å². The molecule has 0 aliphatic rings. The van der Waals surface area contributed by atoms with Crippen LogP contribution in [0.15, 0.2) is 29.2 Å². The van der Waals surface area contributed by atoms with Crippen molar-refractivity contribution in [3.05, 3.63) is 30.1 Å². The van der Waals surface area contributed by atoms with Crippen LogP contribution in [-0.2, 0) is 24.2 Å². The van der Waals surface area contributed by atoms with E-state index >= 15 is 0 Å². The zero-order valence-electron chi connectivity index (χ0n) is 12.1. The molecule has 0 aliphatic heterocycles. The maximum Gasteiger partial charge on any atom is 0.319 e. The SMILES string of the molecule is CCOC(=O)C(C)(C)C(=O)CS(=O)(=O)c1ccc(F)cc1. The van der Waals surface area contributed by atoms with Gasteiger partial charge in [0.05, 0.1) is 11.5 Å². The summed E-state index contributed by atoms with van der Waals surface area (Å²) in [7, 11) is -3.93. The quantitative estimate of drug-likeness (QED) is 0.454. The largest absolute Gasteiger partial charge is 0.465 e. The molecule has 0 unspecified atom stereocenters. The van der Waals surface area contributed by atoms with Crippen molar-refractivity contribution >= 4 is 21.6 Å². The number of sulfone groups is 1. The molecule has 1 aromatic rings. The molecule has 7 heteroatoms. The Hall–Kier alpha value is -1.76. The highest BCUT2D eigenvalue weighted by molar-refractivity contribution is 7.92. The lowest BCUT2D eigenvalue weighted by Gasteiger charge is -2.20. The van der Waals surface area contributed by atoms with Gasteiger partial charge in [-0.3, -0.25) is 9.59 Å². The molecule has 5 nitrogen and oxygen atoms in total. The minimum absolute atomic E-state index is 0.0975. The molecule has 0 bridgehead atoms. The number of rotatable bonds is 6. The van der Waals surface area contributed by atoms with E-state index in [2.05, 4.69) is 0 Å². The van der Waals surface area contributed by atoms with Gasteiger partial charge in [0.25, 0.3) is 0 Å². The van der Waals surface area contributed by atoms with Gasteiger partial charge in [-0.1, -0.05) is 0 Å². The summed E-state index contributed by atoms with van der Waals surface area (Å²) in [6, 6.07) is 4.15. The molecule has 0 aromatic heterocycles. The first-order valence-corrected chi connectivity index (χ1v) is 7.95. The highest BCUT2D eigenvalue weighted by Crippen LogP contribution is 2.22. The molecular weight excluding hydrogens is 299 g/mol. The van der Waals surface area contributed by atoms with E-state index in [9.17, 15) is 22.4 Å². The Morgan fingerprint density at radius 1 is 1.19 bits per heavy atom. The maximum absolute atomic E-state index is 12.8. The van der Waals surface area contributed by atoms with Crippen LogP contribution in [-0.4, -0.2) is 32.5 Å². The van der Waals surface area contributed by atoms with Crippen LogP contribution < -0.4 is 0 Å². The second kappa shape index (κ2) is 6.34. The molecular formula is C14H17FO5S. The van der Waals surface area contributed by atoms with Gasteiger partial charge in [-0.25, -0.2) is 12.8 Å². The van der Waals surface area contributed by atoms with Crippen molar-refractivity contribution in [2.24, 2.45) is 5.41 Å². The number of hydrogen-bond donors (Lipinski definition) is 0. The van der Waals surface area contributed by atoms with Gasteiger partial charge in [0, 0.05) is 0 Å². The van der Waals surface area contributed by atoms with Crippen molar-refractivity contribution in [2.75, 3.05) is 12.4 Å². The fourth-order valence-electron chi connectivity index (χ4n) is 1.50. The average molecular weight is 316 g/mol. The lowest BCUT2D eigenvalue weighted by Crippen LogP contribution is -2.38. The first-order chi connectivity index (χ1) is 9.61. The van der Waals surface area contributed by atoms with Gasteiger partial charge >= 0.3 is 5.97 Å². The summed E-state index contributed by atoms with van der Waals surface area (Å²) in [5.74, 6) is -2.97. The summed E-state index contributed by atoms with van der Waals surface area (Å²) in [5, 5.41) is 0. The molecule has 0 atom stereocenters. The number of benzene rings is 1. The summed E-state index contributed by atoms with van der Waals surface area (Å²) in [5.41, 5.74) is -1.55. The van der Waals surface area contributed by atoms with Gasteiger partial charge < -0.3 is 4.74 Å². The molecule has 0 heterocycles.